The van der Waals surface area contributed by atoms with Crippen molar-refractivity contribution in [2.24, 2.45) is 35.5 Å². The number of rotatable bonds is 18. The number of ketones is 1. The van der Waals surface area contributed by atoms with E-state index in [9.17, 15) is 32.4 Å². The molecule has 2 aliphatic heterocycles. The summed E-state index contributed by atoms with van der Waals surface area (Å²) in [5, 5.41) is 0. The van der Waals surface area contributed by atoms with E-state index in [-0.39, 0.29) is 67.1 Å². The first-order valence-corrected chi connectivity index (χ1v) is 28.0. The van der Waals surface area contributed by atoms with Crippen LogP contribution in [0.3, 0.4) is 0 Å². The van der Waals surface area contributed by atoms with Crippen LogP contribution in [0.15, 0.2) is 85.5 Å². The standard InChI is InChI=1S/C53H64O13S3/c1-3-45(54)63-31-7-29-61-39-23-19-35(20-24-39)33-11-15-37(16-12-33)51(57)65-42-27-28-43(49-48(42)67-53(68-49)50-47(56)41-9-5-6-10-44(41)69(50,59)60)66-52(58)38-17-13-34(14-18-38)36-21-25-40(26-22-36)62-30-8-32-64-46(55)4-2/h3-6,9-10,27-28,33-40H,1-2,7-8,11-26,29-32H2. The second-order valence-corrected chi connectivity index (χ2v) is 23.4. The summed E-state index contributed by atoms with van der Waals surface area (Å²) >= 11 is 2.13. The third kappa shape index (κ3) is 12.5. The molecule has 0 saturated heterocycles. The summed E-state index contributed by atoms with van der Waals surface area (Å²) in [5.41, 5.74) is 0.116. The molecule has 16 heteroatoms. The van der Waals surface area contributed by atoms with Crippen molar-refractivity contribution in [3.8, 4) is 11.5 Å². The minimum atomic E-state index is -4.13. The largest absolute Gasteiger partial charge is 0.462 e. The van der Waals surface area contributed by atoms with Gasteiger partial charge in [0.25, 0.3) is 0 Å². The summed E-state index contributed by atoms with van der Waals surface area (Å²) in [4.78, 5) is 64.6. The molecule has 8 rings (SSSR count). The molecule has 0 aromatic heterocycles. The Morgan fingerprint density at radius 2 is 0.971 bits per heavy atom. The Hall–Kier alpha value is -4.22. The molecule has 2 aromatic carbocycles. The molecule has 0 radical (unpaired) electrons. The second kappa shape index (κ2) is 23.8. The van der Waals surface area contributed by atoms with E-state index < -0.39 is 27.6 Å². The molecule has 0 N–H and O–H groups in total. The van der Waals surface area contributed by atoms with Gasteiger partial charge in [-0.05, 0) is 151 Å². The van der Waals surface area contributed by atoms with Crippen molar-refractivity contribution in [1.29, 1.82) is 0 Å². The number of carbonyl (C=O) groups is 5. The van der Waals surface area contributed by atoms with Crippen LogP contribution in [-0.4, -0.2) is 76.7 Å². The van der Waals surface area contributed by atoms with Crippen molar-refractivity contribution in [1.82, 2.24) is 0 Å². The molecule has 372 valence electrons. The Morgan fingerprint density at radius 3 is 1.38 bits per heavy atom. The van der Waals surface area contributed by atoms with Gasteiger partial charge in [-0.15, -0.1) is 0 Å². The number of hydrogen-bond donors (Lipinski definition) is 0. The molecule has 6 aliphatic rings. The second-order valence-electron chi connectivity index (χ2n) is 19.2. The zero-order valence-electron chi connectivity index (χ0n) is 39.2. The third-order valence-corrected chi connectivity index (χ3v) is 19.8. The zero-order valence-corrected chi connectivity index (χ0v) is 41.7. The number of allylic oxidation sites excluding steroid dienone is 1. The highest BCUT2D eigenvalue weighted by Gasteiger charge is 2.45. The monoisotopic (exact) mass is 1000 g/mol. The van der Waals surface area contributed by atoms with Crippen LogP contribution in [-0.2, 0) is 48.0 Å². The number of ether oxygens (including phenoxy) is 6. The molecule has 13 nitrogen and oxygen atoms in total. The van der Waals surface area contributed by atoms with E-state index in [0.717, 1.165) is 113 Å². The summed E-state index contributed by atoms with van der Waals surface area (Å²) in [6.07, 6.45) is 18.8. The molecule has 0 unspecified atom stereocenters. The minimum Gasteiger partial charge on any atom is -0.462 e. The highest BCUT2D eigenvalue weighted by Crippen LogP contribution is 2.61. The Balaban J connectivity index is 0.862. The summed E-state index contributed by atoms with van der Waals surface area (Å²) in [6.45, 7) is 8.55. The van der Waals surface area contributed by atoms with Crippen molar-refractivity contribution in [3.05, 3.63) is 76.4 Å². The van der Waals surface area contributed by atoms with Crippen LogP contribution >= 0.6 is 23.5 Å². The first-order chi connectivity index (χ1) is 33.4. The quantitative estimate of drug-likeness (QED) is 0.0596. The lowest BCUT2D eigenvalue weighted by Gasteiger charge is -2.37. The van der Waals surface area contributed by atoms with Gasteiger partial charge in [0, 0.05) is 30.6 Å². The topological polar surface area (TPSA) is 175 Å². The lowest BCUT2D eigenvalue weighted by molar-refractivity contribution is -0.142. The number of sulfone groups is 1. The molecule has 4 saturated carbocycles. The van der Waals surface area contributed by atoms with Gasteiger partial charge < -0.3 is 28.4 Å². The van der Waals surface area contributed by atoms with Gasteiger partial charge in [0.2, 0.25) is 15.6 Å². The summed E-state index contributed by atoms with van der Waals surface area (Å²) < 4.78 is 62.5. The van der Waals surface area contributed by atoms with Gasteiger partial charge in [0.15, 0.2) is 0 Å². The normalized spacial score (nSPS) is 27.4. The number of Topliss-reactive ketones (excluding diaryl/α,β-unsaturated/α-hetero) is 1. The lowest BCUT2D eigenvalue weighted by atomic mass is 9.70. The van der Waals surface area contributed by atoms with Crippen LogP contribution in [0.2, 0.25) is 0 Å². The molecule has 0 amide bonds. The van der Waals surface area contributed by atoms with Crippen LogP contribution in [0, 0.1) is 35.5 Å². The smallest absolute Gasteiger partial charge is 0.330 e. The molecule has 2 heterocycles. The Kier molecular flexibility index (Phi) is 17.6. The molecular formula is C53H64O13S3. The predicted molar refractivity (Wildman–Crippen MR) is 260 cm³/mol. The van der Waals surface area contributed by atoms with Gasteiger partial charge in [-0.3, -0.25) is 14.4 Å². The first kappa shape index (κ1) is 51.1. The van der Waals surface area contributed by atoms with E-state index in [2.05, 4.69) is 13.2 Å². The first-order valence-electron chi connectivity index (χ1n) is 24.8. The van der Waals surface area contributed by atoms with Crippen molar-refractivity contribution in [3.63, 3.8) is 0 Å². The van der Waals surface area contributed by atoms with Crippen molar-refractivity contribution in [2.75, 3.05) is 26.4 Å². The minimum absolute atomic E-state index is 0.0386. The maximum absolute atomic E-state index is 13.9. The zero-order chi connectivity index (χ0) is 48.5. The molecule has 0 spiro atoms. The van der Waals surface area contributed by atoms with Gasteiger partial charge in [-0.1, -0.05) is 48.8 Å². The average Bonchev–Trinajstić information content (AvgIpc) is 3.90. The highest BCUT2D eigenvalue weighted by molar-refractivity contribution is 8.25. The highest BCUT2D eigenvalue weighted by atomic mass is 32.2. The van der Waals surface area contributed by atoms with Crippen LogP contribution in [0.5, 0.6) is 11.5 Å². The maximum Gasteiger partial charge on any atom is 0.330 e. The SMILES string of the molecule is C=CC(=O)OCCCOC1CCC(C2CCC(C(=O)Oc3ccc(OC(=O)C4CCC(C5CCC(OCCCOC(=O)C=C)CC5)CC4)c4c3SC(=C3C(=O)c5ccccc5S3(=O)=O)S4)CC2)CC1. The van der Waals surface area contributed by atoms with E-state index in [1.807, 2.05) is 0 Å². The fourth-order valence-electron chi connectivity index (χ4n) is 11.2. The van der Waals surface area contributed by atoms with Crippen LogP contribution in [0.4, 0.5) is 0 Å². The third-order valence-electron chi connectivity index (χ3n) is 15.0. The number of carbonyl (C=O) groups excluding carboxylic acids is 5. The molecule has 4 aliphatic carbocycles. The Morgan fingerprint density at radius 1 is 0.565 bits per heavy atom. The number of esters is 4. The molecule has 2 aromatic rings. The molecule has 0 atom stereocenters. The van der Waals surface area contributed by atoms with E-state index in [4.69, 9.17) is 28.4 Å². The summed E-state index contributed by atoms with van der Waals surface area (Å²) in [7, 11) is -4.13. The van der Waals surface area contributed by atoms with E-state index in [1.54, 1.807) is 24.3 Å². The van der Waals surface area contributed by atoms with E-state index >= 15 is 0 Å². The van der Waals surface area contributed by atoms with Gasteiger partial charge in [-0.2, -0.15) is 0 Å². The van der Waals surface area contributed by atoms with Crippen molar-refractivity contribution in [2.45, 2.75) is 142 Å². The van der Waals surface area contributed by atoms with Crippen LogP contribution in [0.25, 0.3) is 0 Å². The van der Waals surface area contributed by atoms with Crippen molar-refractivity contribution >= 4 is 63.0 Å². The van der Waals surface area contributed by atoms with E-state index in [1.165, 1.54) is 12.1 Å². The Labute approximate surface area is 414 Å². The predicted octanol–water partition coefficient (Wildman–Crippen LogP) is 10.5. The summed E-state index contributed by atoms with van der Waals surface area (Å²) in [5.74, 6) is -0.00890. The van der Waals surface area contributed by atoms with Gasteiger partial charge in [-0.25, -0.2) is 18.0 Å². The fraction of sp³-hybridized carbons (Fsp3) is 0.566. The fourth-order valence-corrected chi connectivity index (χ4v) is 16.1. The van der Waals surface area contributed by atoms with Crippen molar-refractivity contribution < 1.29 is 60.8 Å². The van der Waals surface area contributed by atoms with Gasteiger partial charge in [0.1, 0.15) is 16.4 Å². The Bertz CT molecular complexity index is 2260. The number of fused-ring (bicyclic) bond motifs is 2. The summed E-state index contributed by atoms with van der Waals surface area (Å²) in [6, 6.07) is 9.41. The number of thioether (sulfide) groups is 2. The molecular weight excluding hydrogens is 941 g/mol. The van der Waals surface area contributed by atoms with Crippen LogP contribution in [0.1, 0.15) is 126 Å². The number of benzene rings is 2. The van der Waals surface area contributed by atoms with Gasteiger partial charge >= 0.3 is 23.9 Å². The van der Waals surface area contributed by atoms with Gasteiger partial charge in [0.05, 0.1) is 69.4 Å². The van der Waals surface area contributed by atoms with E-state index in [0.29, 0.717) is 98.4 Å². The molecule has 0 bridgehead atoms. The van der Waals surface area contributed by atoms with Crippen LogP contribution < -0.4 is 9.47 Å². The maximum atomic E-state index is 13.9. The molecule has 4 fully saturated rings. The lowest BCUT2D eigenvalue weighted by Crippen LogP contribution is -2.31. The molecule has 69 heavy (non-hydrogen) atoms. The average molecular weight is 1010 g/mol. The number of hydrogen-bond acceptors (Lipinski definition) is 15.